The molecule has 0 spiro atoms. The zero-order chi connectivity index (χ0) is 16.4. The van der Waals surface area contributed by atoms with Crippen LogP contribution in [0.3, 0.4) is 0 Å². The van der Waals surface area contributed by atoms with E-state index in [0.29, 0.717) is 10.5 Å². The van der Waals surface area contributed by atoms with Crippen molar-refractivity contribution in [2.45, 2.75) is 6.92 Å². The summed E-state index contributed by atoms with van der Waals surface area (Å²) in [6, 6.07) is 14.1. The van der Waals surface area contributed by atoms with E-state index < -0.39 is 4.92 Å². The van der Waals surface area contributed by atoms with Gasteiger partial charge in [-0.3, -0.25) is 10.1 Å². The number of nitrogens with two attached hydrogens (primary N) is 1. The summed E-state index contributed by atoms with van der Waals surface area (Å²) >= 11 is 1.35. The summed E-state index contributed by atoms with van der Waals surface area (Å²) in [6.07, 6.45) is 0. The highest BCUT2D eigenvalue weighted by Crippen LogP contribution is 2.21. The maximum Gasteiger partial charge on any atom is 0.269 e. The van der Waals surface area contributed by atoms with E-state index in [1.165, 1.54) is 23.5 Å². The number of rotatable bonds is 3. The van der Waals surface area contributed by atoms with Crippen molar-refractivity contribution >= 4 is 17.0 Å². The molecular formula is C15H13N5O2S. The number of hydrogen-bond acceptors (Lipinski definition) is 6. The highest BCUT2D eigenvalue weighted by atomic mass is 32.1. The van der Waals surface area contributed by atoms with Gasteiger partial charge < -0.3 is 5.84 Å². The maximum atomic E-state index is 10.7. The zero-order valence-electron chi connectivity index (χ0n) is 12.2. The van der Waals surface area contributed by atoms with Crippen LogP contribution in [0.4, 0.5) is 5.69 Å². The lowest BCUT2D eigenvalue weighted by molar-refractivity contribution is -0.384. The number of nitro benzene ring substituents is 1. The first-order valence-corrected chi connectivity index (χ1v) is 7.56. The molecule has 23 heavy (non-hydrogen) atoms. The van der Waals surface area contributed by atoms with E-state index in [2.05, 4.69) is 10.2 Å². The monoisotopic (exact) mass is 327 g/mol. The molecule has 116 valence electrons. The molecule has 1 aromatic heterocycles. The lowest BCUT2D eigenvalue weighted by atomic mass is 10.2. The largest absolute Gasteiger partial charge is 0.320 e. The third-order valence-corrected chi connectivity index (χ3v) is 4.25. The molecule has 3 rings (SSSR count). The van der Waals surface area contributed by atoms with Crippen molar-refractivity contribution in [3.8, 4) is 16.3 Å². The Balaban J connectivity index is 2.06. The number of benzene rings is 2. The van der Waals surface area contributed by atoms with E-state index >= 15 is 0 Å². The second kappa shape index (κ2) is 6.01. The second-order valence-corrected chi connectivity index (χ2v) is 5.83. The molecule has 0 atom stereocenters. The fourth-order valence-electron chi connectivity index (χ4n) is 2.06. The molecular weight excluding hydrogens is 314 g/mol. The molecule has 0 radical (unpaired) electrons. The summed E-state index contributed by atoms with van der Waals surface area (Å²) in [4.78, 5) is 10.8. The van der Waals surface area contributed by atoms with Crippen molar-refractivity contribution in [1.82, 2.24) is 9.78 Å². The molecule has 7 nitrogen and oxygen atoms in total. The number of nitrogens with zero attached hydrogens (tertiary/aromatic N) is 4. The van der Waals surface area contributed by atoms with Crippen molar-refractivity contribution in [3.63, 3.8) is 0 Å². The van der Waals surface area contributed by atoms with Crippen molar-refractivity contribution in [2.75, 3.05) is 0 Å². The van der Waals surface area contributed by atoms with Crippen LogP contribution in [0.15, 0.2) is 53.6 Å². The predicted molar refractivity (Wildman–Crippen MR) is 88.0 cm³/mol. The van der Waals surface area contributed by atoms with E-state index in [4.69, 9.17) is 5.84 Å². The summed E-state index contributed by atoms with van der Waals surface area (Å²) in [5, 5.41) is 19.8. The van der Waals surface area contributed by atoms with E-state index in [-0.39, 0.29) is 5.69 Å². The van der Waals surface area contributed by atoms with Crippen LogP contribution >= 0.6 is 11.3 Å². The van der Waals surface area contributed by atoms with Gasteiger partial charge in [0.25, 0.3) is 5.69 Å². The molecule has 3 aromatic rings. The first kappa shape index (κ1) is 14.9. The van der Waals surface area contributed by atoms with E-state index in [9.17, 15) is 10.1 Å². The summed E-state index contributed by atoms with van der Waals surface area (Å²) < 4.78 is 1.57. The molecule has 0 aliphatic heterocycles. The van der Waals surface area contributed by atoms with Crippen LogP contribution in [0.5, 0.6) is 0 Å². The zero-order valence-corrected chi connectivity index (χ0v) is 13.0. The molecule has 0 bridgehead atoms. The minimum Gasteiger partial charge on any atom is -0.320 e. The van der Waals surface area contributed by atoms with Crippen molar-refractivity contribution in [2.24, 2.45) is 10.9 Å². The lowest BCUT2D eigenvalue weighted by Crippen LogP contribution is -2.16. The van der Waals surface area contributed by atoms with Crippen LogP contribution in [0.1, 0.15) is 5.56 Å². The van der Waals surface area contributed by atoms with E-state index in [1.54, 1.807) is 16.8 Å². The fraction of sp³-hybridized carbons (Fsp3) is 0.0667. The average molecular weight is 327 g/mol. The van der Waals surface area contributed by atoms with Crippen LogP contribution in [0.25, 0.3) is 16.3 Å². The van der Waals surface area contributed by atoms with Gasteiger partial charge in [-0.05, 0) is 19.1 Å². The molecule has 1 heterocycles. The molecule has 2 aromatic carbocycles. The summed E-state index contributed by atoms with van der Waals surface area (Å²) in [5.41, 5.74) is 2.81. The second-order valence-electron chi connectivity index (χ2n) is 4.87. The van der Waals surface area contributed by atoms with E-state index in [0.717, 1.165) is 16.1 Å². The fourth-order valence-corrected chi connectivity index (χ4v) is 2.90. The molecule has 0 aliphatic carbocycles. The first-order chi connectivity index (χ1) is 11.1. The van der Waals surface area contributed by atoms with Gasteiger partial charge in [-0.15, -0.1) is 0 Å². The molecule has 0 unspecified atom stereocenters. The number of hydrogen-bond donors (Lipinski definition) is 1. The minimum atomic E-state index is -0.443. The highest BCUT2D eigenvalue weighted by molar-refractivity contribution is 7.12. The van der Waals surface area contributed by atoms with Crippen LogP contribution in [-0.4, -0.2) is 14.7 Å². The molecule has 0 fully saturated rings. The van der Waals surface area contributed by atoms with Gasteiger partial charge in [-0.25, -0.2) is 4.68 Å². The van der Waals surface area contributed by atoms with Gasteiger partial charge >= 0.3 is 0 Å². The molecule has 0 amide bonds. The summed E-state index contributed by atoms with van der Waals surface area (Å²) in [6.45, 7) is 2.02. The predicted octanol–water partition coefficient (Wildman–Crippen LogP) is 2.59. The van der Waals surface area contributed by atoms with Crippen LogP contribution in [0, 0.1) is 17.0 Å². The highest BCUT2D eigenvalue weighted by Gasteiger charge is 2.11. The van der Waals surface area contributed by atoms with Crippen molar-refractivity contribution in [1.29, 1.82) is 0 Å². The van der Waals surface area contributed by atoms with Crippen LogP contribution in [0.2, 0.25) is 0 Å². The summed E-state index contributed by atoms with van der Waals surface area (Å²) in [7, 11) is 0. The third kappa shape index (κ3) is 2.97. The van der Waals surface area contributed by atoms with Gasteiger partial charge in [0.2, 0.25) is 4.80 Å². The molecule has 0 aliphatic rings. The Morgan fingerprint density at radius 2 is 1.83 bits per heavy atom. The van der Waals surface area contributed by atoms with Gasteiger partial charge in [0.1, 0.15) is 5.01 Å². The standard InChI is InChI=1S/C15H13N5O2S/c1-10-2-4-11(5-3-10)14-18-19(15(17-16)23-14)12-6-8-13(9-7-12)20(21)22/h2-9H,16H2,1H3/b17-15-. The van der Waals surface area contributed by atoms with Gasteiger partial charge in [-0.2, -0.15) is 10.2 Å². The van der Waals surface area contributed by atoms with E-state index in [1.807, 2.05) is 31.2 Å². The quantitative estimate of drug-likeness (QED) is 0.454. The van der Waals surface area contributed by atoms with Crippen molar-refractivity contribution in [3.05, 3.63) is 69.0 Å². The Morgan fingerprint density at radius 3 is 2.39 bits per heavy atom. The SMILES string of the molecule is Cc1ccc(-c2nn(-c3ccc([N+](=O)[O-])cc3)/c(=N/N)s2)cc1. The van der Waals surface area contributed by atoms with Gasteiger partial charge in [0.05, 0.1) is 10.6 Å². The normalized spacial score (nSPS) is 11.6. The van der Waals surface area contributed by atoms with Gasteiger partial charge in [0.15, 0.2) is 0 Å². The third-order valence-electron chi connectivity index (χ3n) is 3.27. The number of non-ortho nitro benzene ring substituents is 1. The Labute approximate surface area is 135 Å². The molecule has 2 N–H and O–H groups in total. The molecule has 0 saturated heterocycles. The Bertz CT molecular complexity index is 910. The van der Waals surface area contributed by atoms with Crippen LogP contribution < -0.4 is 10.6 Å². The maximum absolute atomic E-state index is 10.7. The topological polar surface area (TPSA) is 99.3 Å². The Kier molecular flexibility index (Phi) is 3.90. The lowest BCUT2D eigenvalue weighted by Gasteiger charge is -2.00. The number of aryl methyl sites for hydroxylation is 1. The minimum absolute atomic E-state index is 0.0228. The number of aromatic nitrogens is 2. The summed E-state index contributed by atoms with van der Waals surface area (Å²) in [5.74, 6) is 5.45. The Hall–Kier alpha value is -3.00. The number of nitro groups is 1. The molecule has 0 saturated carbocycles. The van der Waals surface area contributed by atoms with Crippen LogP contribution in [-0.2, 0) is 0 Å². The first-order valence-electron chi connectivity index (χ1n) is 6.74. The molecule has 8 heteroatoms. The smallest absolute Gasteiger partial charge is 0.269 e. The van der Waals surface area contributed by atoms with Gasteiger partial charge in [0, 0.05) is 17.7 Å². The van der Waals surface area contributed by atoms with Crippen molar-refractivity contribution < 1.29 is 4.92 Å². The Morgan fingerprint density at radius 1 is 1.17 bits per heavy atom. The van der Waals surface area contributed by atoms with Gasteiger partial charge in [-0.1, -0.05) is 41.2 Å². The average Bonchev–Trinajstić information content (AvgIpc) is 3.00.